The molecule has 252 valence electrons. The van der Waals surface area contributed by atoms with Crippen LogP contribution < -0.4 is 15.4 Å². The number of carbonyl (C=O) groups is 2. The van der Waals surface area contributed by atoms with Gasteiger partial charge in [-0.25, -0.2) is 13.2 Å². The second-order valence-electron chi connectivity index (χ2n) is 11.5. The van der Waals surface area contributed by atoms with Crippen LogP contribution in [0.3, 0.4) is 0 Å². The number of likely N-dealkylation sites (N-methyl/N-ethyl adjacent to an activating group) is 1. The van der Waals surface area contributed by atoms with Crippen molar-refractivity contribution in [1.82, 2.24) is 19.4 Å². The van der Waals surface area contributed by atoms with Crippen molar-refractivity contribution < 1.29 is 22.7 Å². The third kappa shape index (κ3) is 8.80. The highest BCUT2D eigenvalue weighted by Gasteiger charge is 2.41. The molecule has 0 aromatic heterocycles. The van der Waals surface area contributed by atoms with Crippen molar-refractivity contribution in [3.8, 4) is 16.9 Å². The SMILES string of the molecule is CCN(CC)CCNC(=O)C1CN(C(=O)Nc2ccc(OCc3ccccc3)cc2)CCN1S(=O)(=O)c1ccc(-c2ccccc2)cc1. The Kier molecular flexibility index (Phi) is 11.8. The average Bonchev–Trinajstić information content (AvgIpc) is 3.13. The van der Waals surface area contributed by atoms with Crippen LogP contribution in [0.2, 0.25) is 0 Å². The number of carbonyl (C=O) groups excluding carboxylic acids is 2. The van der Waals surface area contributed by atoms with E-state index in [1.54, 1.807) is 48.5 Å². The summed E-state index contributed by atoms with van der Waals surface area (Å²) < 4.78 is 35.0. The molecule has 0 aliphatic carbocycles. The van der Waals surface area contributed by atoms with Crippen LogP contribution >= 0.6 is 0 Å². The van der Waals surface area contributed by atoms with E-state index < -0.39 is 28.0 Å². The Morgan fingerprint density at radius 1 is 0.812 bits per heavy atom. The molecular formula is C37H43N5O5S. The van der Waals surface area contributed by atoms with Gasteiger partial charge in [-0.2, -0.15) is 4.31 Å². The highest BCUT2D eigenvalue weighted by atomic mass is 32.2. The topological polar surface area (TPSA) is 111 Å². The van der Waals surface area contributed by atoms with Gasteiger partial charge in [-0.1, -0.05) is 86.6 Å². The molecule has 5 rings (SSSR count). The lowest BCUT2D eigenvalue weighted by Gasteiger charge is -2.39. The minimum Gasteiger partial charge on any atom is -0.489 e. The summed E-state index contributed by atoms with van der Waals surface area (Å²) in [6.45, 7) is 7.18. The fourth-order valence-electron chi connectivity index (χ4n) is 5.61. The summed E-state index contributed by atoms with van der Waals surface area (Å²) in [5.41, 5.74) is 3.46. The van der Waals surface area contributed by atoms with Crippen LogP contribution in [-0.2, 0) is 21.4 Å². The second kappa shape index (κ2) is 16.4. The summed E-state index contributed by atoms with van der Waals surface area (Å²) in [7, 11) is -4.05. The third-order valence-corrected chi connectivity index (χ3v) is 10.4. The molecule has 0 radical (unpaired) electrons. The van der Waals surface area contributed by atoms with Gasteiger partial charge in [0.15, 0.2) is 0 Å². The van der Waals surface area contributed by atoms with Crippen LogP contribution in [0.1, 0.15) is 19.4 Å². The normalized spacial score (nSPS) is 15.2. The van der Waals surface area contributed by atoms with Crippen LogP contribution in [0.15, 0.2) is 114 Å². The molecule has 1 saturated heterocycles. The maximum absolute atomic E-state index is 14.0. The Morgan fingerprint density at radius 3 is 2.08 bits per heavy atom. The quantitative estimate of drug-likeness (QED) is 0.200. The highest BCUT2D eigenvalue weighted by Crippen LogP contribution is 2.26. The van der Waals surface area contributed by atoms with E-state index in [-0.39, 0.29) is 24.5 Å². The first-order valence-electron chi connectivity index (χ1n) is 16.3. The lowest BCUT2D eigenvalue weighted by molar-refractivity contribution is -0.126. The fourth-order valence-corrected chi connectivity index (χ4v) is 7.18. The first-order chi connectivity index (χ1) is 23.3. The zero-order chi connectivity index (χ0) is 33.9. The number of anilines is 1. The van der Waals surface area contributed by atoms with Gasteiger partial charge in [0, 0.05) is 38.4 Å². The molecule has 1 unspecified atom stereocenters. The Labute approximate surface area is 283 Å². The fraction of sp³-hybridized carbons (Fsp3) is 0.297. The second-order valence-corrected chi connectivity index (χ2v) is 13.4. The van der Waals surface area contributed by atoms with Gasteiger partial charge in [0.05, 0.1) is 4.90 Å². The third-order valence-electron chi connectivity index (χ3n) is 8.46. The molecule has 4 aromatic rings. The van der Waals surface area contributed by atoms with Crippen molar-refractivity contribution in [2.75, 3.05) is 51.1 Å². The molecule has 1 aliphatic heterocycles. The summed E-state index contributed by atoms with van der Waals surface area (Å²) in [4.78, 5) is 30.7. The standard InChI is InChI=1S/C37H43N5O5S/c1-3-40(4-2)24-23-38-36(43)35-27-41(37(44)39-32-17-19-33(20-18-32)47-28-29-11-7-5-8-12-29)25-26-42(35)48(45,46)34-21-15-31(16-22-34)30-13-9-6-10-14-30/h5-22,35H,3-4,23-28H2,1-2H3,(H,38,43)(H,39,44). The number of hydrogen-bond donors (Lipinski definition) is 2. The van der Waals surface area contributed by atoms with E-state index in [4.69, 9.17) is 4.74 Å². The number of hydrogen-bond acceptors (Lipinski definition) is 6. The van der Waals surface area contributed by atoms with E-state index in [2.05, 4.69) is 15.5 Å². The predicted octanol–water partition coefficient (Wildman–Crippen LogP) is 5.30. The summed E-state index contributed by atoms with van der Waals surface area (Å²) >= 11 is 0. The van der Waals surface area contributed by atoms with Crippen molar-refractivity contribution in [2.45, 2.75) is 31.4 Å². The molecule has 1 heterocycles. The van der Waals surface area contributed by atoms with Crippen LogP contribution in [0.4, 0.5) is 10.5 Å². The molecule has 1 fully saturated rings. The van der Waals surface area contributed by atoms with Gasteiger partial charge in [-0.05, 0) is 66.2 Å². The number of sulfonamides is 1. The Hall–Kier alpha value is -4.71. The van der Waals surface area contributed by atoms with E-state index in [0.29, 0.717) is 31.1 Å². The molecule has 4 aromatic carbocycles. The van der Waals surface area contributed by atoms with E-state index in [0.717, 1.165) is 29.8 Å². The van der Waals surface area contributed by atoms with E-state index >= 15 is 0 Å². The van der Waals surface area contributed by atoms with Crippen molar-refractivity contribution in [3.63, 3.8) is 0 Å². The number of rotatable bonds is 13. The molecule has 2 N–H and O–H groups in total. The maximum Gasteiger partial charge on any atom is 0.321 e. The molecule has 0 bridgehead atoms. The van der Waals surface area contributed by atoms with E-state index in [1.165, 1.54) is 9.21 Å². The average molecular weight is 670 g/mol. The predicted molar refractivity (Wildman–Crippen MR) is 188 cm³/mol. The zero-order valence-electron chi connectivity index (χ0n) is 27.4. The van der Waals surface area contributed by atoms with E-state index in [1.807, 2.05) is 74.5 Å². The molecule has 1 aliphatic rings. The number of nitrogens with one attached hydrogen (secondary N) is 2. The number of benzene rings is 4. The number of nitrogens with zero attached hydrogens (tertiary/aromatic N) is 3. The monoisotopic (exact) mass is 669 g/mol. The Balaban J connectivity index is 1.27. The molecule has 10 nitrogen and oxygen atoms in total. The molecule has 3 amide bonds. The smallest absolute Gasteiger partial charge is 0.321 e. The minimum atomic E-state index is -4.05. The summed E-state index contributed by atoms with van der Waals surface area (Å²) in [5.74, 6) is 0.220. The Bertz CT molecular complexity index is 1730. The molecular weight excluding hydrogens is 627 g/mol. The summed E-state index contributed by atoms with van der Waals surface area (Å²) in [6.07, 6.45) is 0. The molecule has 11 heteroatoms. The minimum absolute atomic E-state index is 0.0312. The van der Waals surface area contributed by atoms with Crippen molar-refractivity contribution in [3.05, 3.63) is 115 Å². The van der Waals surface area contributed by atoms with Crippen LogP contribution in [0.25, 0.3) is 11.1 Å². The number of piperazine rings is 1. The van der Waals surface area contributed by atoms with Gasteiger partial charge in [0.25, 0.3) is 0 Å². The first-order valence-corrected chi connectivity index (χ1v) is 17.7. The van der Waals surface area contributed by atoms with Gasteiger partial charge >= 0.3 is 6.03 Å². The van der Waals surface area contributed by atoms with Crippen LogP contribution in [0.5, 0.6) is 5.75 Å². The van der Waals surface area contributed by atoms with Gasteiger partial charge in [0.1, 0.15) is 18.4 Å². The van der Waals surface area contributed by atoms with Gasteiger partial charge < -0.3 is 25.2 Å². The van der Waals surface area contributed by atoms with Crippen LogP contribution in [-0.4, -0.2) is 86.3 Å². The van der Waals surface area contributed by atoms with E-state index in [9.17, 15) is 18.0 Å². The first kappa shape index (κ1) is 34.6. The summed E-state index contributed by atoms with van der Waals surface area (Å²) in [6, 6.07) is 31.7. The van der Waals surface area contributed by atoms with Gasteiger partial charge in [0.2, 0.25) is 15.9 Å². The van der Waals surface area contributed by atoms with Gasteiger partial charge in [-0.15, -0.1) is 0 Å². The summed E-state index contributed by atoms with van der Waals surface area (Å²) in [5, 5.41) is 5.79. The van der Waals surface area contributed by atoms with Crippen molar-refractivity contribution in [2.24, 2.45) is 0 Å². The number of ether oxygens (including phenoxy) is 1. The van der Waals surface area contributed by atoms with Crippen LogP contribution in [0, 0.1) is 0 Å². The zero-order valence-corrected chi connectivity index (χ0v) is 28.2. The molecule has 48 heavy (non-hydrogen) atoms. The molecule has 0 spiro atoms. The number of urea groups is 1. The number of amides is 3. The lowest BCUT2D eigenvalue weighted by atomic mass is 10.1. The van der Waals surface area contributed by atoms with Crippen molar-refractivity contribution in [1.29, 1.82) is 0 Å². The Morgan fingerprint density at radius 2 is 1.44 bits per heavy atom. The molecule has 0 saturated carbocycles. The lowest BCUT2D eigenvalue weighted by Crippen LogP contribution is -2.62. The maximum atomic E-state index is 14.0. The van der Waals surface area contributed by atoms with Crippen molar-refractivity contribution >= 4 is 27.6 Å². The highest BCUT2D eigenvalue weighted by molar-refractivity contribution is 7.89. The molecule has 1 atom stereocenters. The largest absolute Gasteiger partial charge is 0.489 e. The van der Waals surface area contributed by atoms with Gasteiger partial charge in [-0.3, -0.25) is 4.79 Å².